The smallest absolute Gasteiger partial charge is 0.266 e. The first-order chi connectivity index (χ1) is 15.0. The molecule has 156 valence electrons. The number of benzene rings is 3. The largest absolute Gasteiger partial charge is 0.493 e. The van der Waals surface area contributed by atoms with Crippen molar-refractivity contribution in [3.8, 4) is 17.6 Å². The number of ether oxygens (including phenoxy) is 2. The van der Waals surface area contributed by atoms with Gasteiger partial charge in [0.1, 0.15) is 24.1 Å². The second-order valence-corrected chi connectivity index (χ2v) is 7.60. The Labute approximate surface area is 193 Å². The van der Waals surface area contributed by atoms with Crippen LogP contribution in [-0.2, 0) is 11.4 Å². The molecule has 0 unspecified atom stereocenters. The molecular weight excluding hydrogens is 510 g/mol. The molecule has 1 N–H and O–H groups in total. The van der Waals surface area contributed by atoms with Crippen LogP contribution in [0.1, 0.15) is 11.1 Å². The first-order valence-electron chi connectivity index (χ1n) is 9.23. The van der Waals surface area contributed by atoms with Crippen LogP contribution in [0.4, 0.5) is 10.1 Å². The molecular formula is C24H18FIN2O3. The quantitative estimate of drug-likeness (QED) is 0.248. The van der Waals surface area contributed by atoms with Gasteiger partial charge in [-0.05, 0) is 76.2 Å². The molecule has 0 saturated heterocycles. The van der Waals surface area contributed by atoms with E-state index in [4.69, 9.17) is 9.47 Å². The number of carbonyl (C=O) groups is 1. The summed E-state index contributed by atoms with van der Waals surface area (Å²) in [6.07, 6.45) is 1.49. The summed E-state index contributed by atoms with van der Waals surface area (Å²) in [5, 5.41) is 12.1. The lowest BCUT2D eigenvalue weighted by Gasteiger charge is -2.14. The minimum atomic E-state index is -0.501. The number of hydrogen-bond donors (Lipinski definition) is 1. The van der Waals surface area contributed by atoms with E-state index in [1.807, 2.05) is 12.1 Å². The number of para-hydroxylation sites is 1. The van der Waals surface area contributed by atoms with Gasteiger partial charge in [-0.3, -0.25) is 4.79 Å². The van der Waals surface area contributed by atoms with Gasteiger partial charge in [-0.2, -0.15) is 5.26 Å². The Hall–Kier alpha value is -3.38. The number of nitriles is 1. The van der Waals surface area contributed by atoms with E-state index in [-0.39, 0.29) is 18.0 Å². The van der Waals surface area contributed by atoms with Gasteiger partial charge in [0.05, 0.1) is 10.7 Å². The van der Waals surface area contributed by atoms with Crippen LogP contribution < -0.4 is 14.8 Å². The van der Waals surface area contributed by atoms with Crippen LogP contribution >= 0.6 is 22.6 Å². The molecule has 3 rings (SSSR count). The Bertz CT molecular complexity index is 1140. The zero-order valence-corrected chi connectivity index (χ0v) is 18.7. The van der Waals surface area contributed by atoms with Crippen LogP contribution in [0.25, 0.3) is 6.08 Å². The number of amides is 1. The summed E-state index contributed by atoms with van der Waals surface area (Å²) in [5.74, 6) is 0.175. The van der Waals surface area contributed by atoms with Gasteiger partial charge in [0.2, 0.25) is 0 Å². The number of halogens is 2. The Morgan fingerprint density at radius 1 is 1.16 bits per heavy atom. The van der Waals surface area contributed by atoms with Crippen molar-refractivity contribution in [2.75, 3.05) is 12.4 Å². The Morgan fingerprint density at radius 2 is 1.87 bits per heavy atom. The fourth-order valence-corrected chi connectivity index (χ4v) is 3.52. The van der Waals surface area contributed by atoms with E-state index in [1.54, 1.807) is 48.5 Å². The third kappa shape index (κ3) is 6.06. The average molecular weight is 528 g/mol. The molecule has 0 aliphatic carbocycles. The van der Waals surface area contributed by atoms with Crippen LogP contribution in [0.5, 0.6) is 11.5 Å². The maximum Gasteiger partial charge on any atom is 0.266 e. The van der Waals surface area contributed by atoms with Crippen LogP contribution in [-0.4, -0.2) is 13.0 Å². The molecule has 0 heterocycles. The normalized spacial score (nSPS) is 10.8. The predicted octanol–water partition coefficient (Wildman–Crippen LogP) is 5.56. The van der Waals surface area contributed by atoms with Gasteiger partial charge < -0.3 is 14.8 Å². The zero-order valence-electron chi connectivity index (χ0n) is 16.6. The van der Waals surface area contributed by atoms with E-state index < -0.39 is 5.91 Å². The van der Waals surface area contributed by atoms with E-state index in [1.165, 1.54) is 25.3 Å². The molecule has 31 heavy (non-hydrogen) atoms. The highest BCUT2D eigenvalue weighted by atomic mass is 127. The van der Waals surface area contributed by atoms with Crippen LogP contribution in [0.2, 0.25) is 0 Å². The fraction of sp³-hybridized carbons (Fsp3) is 0.0833. The Balaban J connectivity index is 1.81. The first kappa shape index (κ1) is 22.3. The SMILES string of the molecule is COc1cc(/C=C(/C#N)C(=O)Nc2ccccc2)cc(I)c1OCc1ccc(F)cc1. The molecule has 0 fully saturated rings. The van der Waals surface area contributed by atoms with Crippen molar-refractivity contribution < 1.29 is 18.7 Å². The molecule has 5 nitrogen and oxygen atoms in total. The van der Waals surface area contributed by atoms with Crippen molar-refractivity contribution in [3.63, 3.8) is 0 Å². The zero-order chi connectivity index (χ0) is 22.2. The minimum absolute atomic E-state index is 0.0401. The van der Waals surface area contributed by atoms with Gasteiger partial charge in [-0.1, -0.05) is 30.3 Å². The monoisotopic (exact) mass is 528 g/mol. The molecule has 0 spiro atoms. The topological polar surface area (TPSA) is 71.3 Å². The van der Waals surface area contributed by atoms with Crippen LogP contribution in [0.3, 0.4) is 0 Å². The van der Waals surface area contributed by atoms with E-state index in [2.05, 4.69) is 27.9 Å². The van der Waals surface area contributed by atoms with Gasteiger partial charge in [-0.15, -0.1) is 0 Å². The molecule has 1 amide bonds. The van der Waals surface area contributed by atoms with Crippen molar-refractivity contribution in [2.24, 2.45) is 0 Å². The number of nitrogens with zero attached hydrogens (tertiary/aromatic N) is 1. The van der Waals surface area contributed by atoms with E-state index in [9.17, 15) is 14.4 Å². The third-order valence-electron chi connectivity index (χ3n) is 4.26. The van der Waals surface area contributed by atoms with Crippen molar-refractivity contribution in [1.82, 2.24) is 0 Å². The highest BCUT2D eigenvalue weighted by Crippen LogP contribution is 2.35. The summed E-state index contributed by atoms with van der Waals surface area (Å²) in [6.45, 7) is 0.241. The van der Waals surface area contributed by atoms with Gasteiger partial charge >= 0.3 is 0 Å². The number of nitrogens with one attached hydrogen (secondary N) is 1. The molecule has 0 atom stereocenters. The maximum atomic E-state index is 13.1. The molecule has 0 aliphatic heterocycles. The van der Waals surface area contributed by atoms with Gasteiger partial charge in [-0.25, -0.2) is 4.39 Å². The molecule has 0 radical (unpaired) electrons. The predicted molar refractivity (Wildman–Crippen MR) is 125 cm³/mol. The first-order valence-corrected chi connectivity index (χ1v) is 10.3. The summed E-state index contributed by atoms with van der Waals surface area (Å²) >= 11 is 2.10. The molecule has 3 aromatic carbocycles. The Morgan fingerprint density at radius 3 is 2.52 bits per heavy atom. The third-order valence-corrected chi connectivity index (χ3v) is 5.06. The lowest BCUT2D eigenvalue weighted by atomic mass is 10.1. The number of carbonyl (C=O) groups excluding carboxylic acids is 1. The highest BCUT2D eigenvalue weighted by molar-refractivity contribution is 14.1. The lowest BCUT2D eigenvalue weighted by Crippen LogP contribution is -2.13. The number of methoxy groups -OCH3 is 1. The summed E-state index contributed by atoms with van der Waals surface area (Å²) in [7, 11) is 1.51. The summed E-state index contributed by atoms with van der Waals surface area (Å²) in [4.78, 5) is 12.5. The van der Waals surface area contributed by atoms with E-state index in [0.717, 1.165) is 9.13 Å². The van der Waals surface area contributed by atoms with Crippen molar-refractivity contribution >= 4 is 40.3 Å². The average Bonchev–Trinajstić information content (AvgIpc) is 2.78. The van der Waals surface area contributed by atoms with Crippen molar-refractivity contribution in [3.05, 3.63) is 92.8 Å². The molecule has 0 bridgehead atoms. The summed E-state index contributed by atoms with van der Waals surface area (Å²) < 4.78 is 25.1. The van der Waals surface area contributed by atoms with E-state index in [0.29, 0.717) is 22.7 Å². The minimum Gasteiger partial charge on any atom is -0.493 e. The second kappa shape index (κ2) is 10.6. The summed E-state index contributed by atoms with van der Waals surface area (Å²) in [5.41, 5.74) is 2.00. The lowest BCUT2D eigenvalue weighted by molar-refractivity contribution is -0.112. The Kier molecular flexibility index (Phi) is 7.62. The summed E-state index contributed by atoms with van der Waals surface area (Å²) in [6, 6.07) is 20.4. The molecule has 7 heteroatoms. The van der Waals surface area contributed by atoms with Crippen LogP contribution in [0, 0.1) is 20.7 Å². The molecule has 3 aromatic rings. The molecule has 0 aromatic heterocycles. The standard InChI is InChI=1S/C24H18FIN2O3/c1-30-22-13-17(11-18(14-27)24(29)28-20-5-3-2-4-6-20)12-21(26)23(22)31-15-16-7-9-19(25)10-8-16/h2-13H,15H2,1H3,(H,28,29)/b18-11-. The number of anilines is 1. The van der Waals surface area contributed by atoms with Crippen molar-refractivity contribution in [1.29, 1.82) is 5.26 Å². The number of hydrogen-bond acceptors (Lipinski definition) is 4. The fourth-order valence-electron chi connectivity index (χ4n) is 2.73. The maximum absolute atomic E-state index is 13.1. The van der Waals surface area contributed by atoms with E-state index >= 15 is 0 Å². The van der Waals surface area contributed by atoms with Crippen LogP contribution in [0.15, 0.2) is 72.3 Å². The molecule has 0 aliphatic rings. The number of rotatable bonds is 7. The highest BCUT2D eigenvalue weighted by Gasteiger charge is 2.14. The van der Waals surface area contributed by atoms with Gasteiger partial charge in [0, 0.05) is 5.69 Å². The van der Waals surface area contributed by atoms with Crippen molar-refractivity contribution in [2.45, 2.75) is 6.61 Å². The van der Waals surface area contributed by atoms with Gasteiger partial charge in [0.25, 0.3) is 5.91 Å². The second-order valence-electron chi connectivity index (χ2n) is 6.44. The van der Waals surface area contributed by atoms with Gasteiger partial charge in [0.15, 0.2) is 11.5 Å². The molecule has 0 saturated carbocycles.